The molecule has 2 aromatic heterocycles. The van der Waals surface area contributed by atoms with Gasteiger partial charge in [0.2, 0.25) is 0 Å². The minimum atomic E-state index is 0.682. The molecule has 124 valence electrons. The van der Waals surface area contributed by atoms with Crippen LogP contribution in [0.4, 0.5) is 11.4 Å². The van der Waals surface area contributed by atoms with Gasteiger partial charge in [0.05, 0.1) is 12.5 Å². The number of benzene rings is 2. The molecule has 4 nitrogen and oxygen atoms in total. The van der Waals surface area contributed by atoms with Crippen LogP contribution in [0.5, 0.6) is 0 Å². The number of furan rings is 2. The Morgan fingerprint density at radius 3 is 1.92 bits per heavy atom. The molecule has 0 aliphatic rings. The Morgan fingerprint density at radius 1 is 0.680 bits per heavy atom. The van der Waals surface area contributed by atoms with Crippen LogP contribution in [0.2, 0.25) is 0 Å². The van der Waals surface area contributed by atoms with Crippen molar-refractivity contribution >= 4 is 11.4 Å². The first-order chi connectivity index (χ1) is 12.1. The summed E-state index contributed by atoms with van der Waals surface area (Å²) in [6.07, 6.45) is 3.32. The van der Waals surface area contributed by atoms with E-state index in [0.29, 0.717) is 5.69 Å². The van der Waals surface area contributed by atoms with E-state index in [1.54, 1.807) is 12.5 Å². The molecule has 25 heavy (non-hydrogen) atoms. The molecule has 4 rings (SSSR count). The molecule has 0 aliphatic heterocycles. The molecule has 0 amide bonds. The van der Waals surface area contributed by atoms with E-state index in [1.807, 2.05) is 55.5 Å². The van der Waals surface area contributed by atoms with E-state index >= 15 is 0 Å². The maximum atomic E-state index is 6.15. The summed E-state index contributed by atoms with van der Waals surface area (Å²) in [4.78, 5) is 0. The summed E-state index contributed by atoms with van der Waals surface area (Å²) in [6.45, 7) is 1.99. The molecule has 0 saturated carbocycles. The van der Waals surface area contributed by atoms with Crippen LogP contribution in [0.25, 0.3) is 33.8 Å². The normalized spacial score (nSPS) is 10.9. The molecule has 2 aromatic carbocycles. The highest BCUT2D eigenvalue weighted by atomic mass is 16.3. The van der Waals surface area contributed by atoms with Crippen molar-refractivity contribution in [3.8, 4) is 33.8 Å². The fourth-order valence-electron chi connectivity index (χ4n) is 3.02. The van der Waals surface area contributed by atoms with Gasteiger partial charge in [-0.15, -0.1) is 0 Å². The average Bonchev–Trinajstić information content (AvgIpc) is 3.30. The monoisotopic (exact) mass is 330 g/mol. The van der Waals surface area contributed by atoms with Crippen molar-refractivity contribution in [2.75, 3.05) is 11.5 Å². The van der Waals surface area contributed by atoms with Crippen molar-refractivity contribution in [3.63, 3.8) is 0 Å². The van der Waals surface area contributed by atoms with E-state index in [0.717, 1.165) is 45.0 Å². The summed E-state index contributed by atoms with van der Waals surface area (Å²) in [5.74, 6) is 1.53. The summed E-state index contributed by atoms with van der Waals surface area (Å²) in [5, 5.41) is 0. The number of aryl methyl sites for hydroxylation is 1. The molecule has 0 atom stereocenters. The largest absolute Gasteiger partial charge is 0.464 e. The van der Waals surface area contributed by atoms with E-state index < -0.39 is 0 Å². The van der Waals surface area contributed by atoms with Crippen molar-refractivity contribution in [1.82, 2.24) is 0 Å². The fraction of sp³-hybridized carbons (Fsp3) is 0.0476. The second-order valence-electron chi connectivity index (χ2n) is 6.01. The molecule has 2 heterocycles. The van der Waals surface area contributed by atoms with Crippen LogP contribution in [-0.2, 0) is 0 Å². The van der Waals surface area contributed by atoms with E-state index in [9.17, 15) is 0 Å². The third kappa shape index (κ3) is 2.68. The molecule has 4 aromatic rings. The third-order valence-electron chi connectivity index (χ3n) is 4.31. The quantitative estimate of drug-likeness (QED) is 0.497. The van der Waals surface area contributed by atoms with Gasteiger partial charge in [0.1, 0.15) is 11.5 Å². The average molecular weight is 330 g/mol. The Hall–Kier alpha value is -3.40. The number of hydrogen-bond acceptors (Lipinski definition) is 4. The summed E-state index contributed by atoms with van der Waals surface area (Å²) >= 11 is 0. The van der Waals surface area contributed by atoms with Crippen LogP contribution >= 0.6 is 0 Å². The van der Waals surface area contributed by atoms with Gasteiger partial charge in [-0.05, 0) is 72.1 Å². The predicted octanol–water partition coefficient (Wildman–Crippen LogP) is 5.35. The van der Waals surface area contributed by atoms with E-state index in [2.05, 4.69) is 6.07 Å². The van der Waals surface area contributed by atoms with E-state index in [4.69, 9.17) is 20.3 Å². The van der Waals surface area contributed by atoms with Crippen molar-refractivity contribution < 1.29 is 8.83 Å². The smallest absolute Gasteiger partial charge is 0.134 e. The van der Waals surface area contributed by atoms with Crippen LogP contribution in [0.3, 0.4) is 0 Å². The van der Waals surface area contributed by atoms with Crippen LogP contribution < -0.4 is 11.5 Å². The first-order valence-corrected chi connectivity index (χ1v) is 8.01. The third-order valence-corrected chi connectivity index (χ3v) is 4.31. The fourth-order valence-corrected chi connectivity index (χ4v) is 3.02. The number of anilines is 2. The Balaban J connectivity index is 2.02. The van der Waals surface area contributed by atoms with Gasteiger partial charge in [0, 0.05) is 22.5 Å². The van der Waals surface area contributed by atoms with Crippen molar-refractivity contribution in [2.24, 2.45) is 0 Å². The van der Waals surface area contributed by atoms with Crippen molar-refractivity contribution in [1.29, 1.82) is 0 Å². The molecule has 0 spiro atoms. The lowest BCUT2D eigenvalue weighted by atomic mass is 9.91. The second kappa shape index (κ2) is 5.91. The van der Waals surface area contributed by atoms with Gasteiger partial charge >= 0.3 is 0 Å². The highest BCUT2D eigenvalue weighted by molar-refractivity contribution is 5.92. The standard InChI is InChI=1S/C21H18N2O2/c1-13-10-16(18(12-19(13)23)21-5-3-9-25-21)15-7-6-14(22)11-17(15)20-4-2-8-24-20/h2-12H,22-23H2,1H3. The summed E-state index contributed by atoms with van der Waals surface area (Å²) < 4.78 is 11.2. The highest BCUT2D eigenvalue weighted by Crippen LogP contribution is 2.41. The summed E-state index contributed by atoms with van der Waals surface area (Å²) in [5.41, 5.74) is 18.5. The first kappa shape index (κ1) is 15.1. The molecule has 0 radical (unpaired) electrons. The Bertz CT molecular complexity index is 1020. The van der Waals surface area contributed by atoms with E-state index in [1.165, 1.54) is 0 Å². The maximum absolute atomic E-state index is 6.15. The minimum absolute atomic E-state index is 0.682. The number of nitrogens with two attached hydrogens (primary N) is 2. The molecule has 0 unspecified atom stereocenters. The molecule has 0 saturated heterocycles. The predicted molar refractivity (Wildman–Crippen MR) is 101 cm³/mol. The molecule has 0 fully saturated rings. The number of rotatable bonds is 3. The molecule has 4 heteroatoms. The van der Waals surface area contributed by atoms with E-state index in [-0.39, 0.29) is 0 Å². The molecule has 0 aliphatic carbocycles. The van der Waals surface area contributed by atoms with Crippen LogP contribution in [-0.4, -0.2) is 0 Å². The van der Waals surface area contributed by atoms with Gasteiger partial charge < -0.3 is 20.3 Å². The lowest BCUT2D eigenvalue weighted by Gasteiger charge is -2.15. The van der Waals surface area contributed by atoms with Gasteiger partial charge in [-0.3, -0.25) is 0 Å². The zero-order valence-corrected chi connectivity index (χ0v) is 13.8. The van der Waals surface area contributed by atoms with Gasteiger partial charge in [-0.1, -0.05) is 6.07 Å². The summed E-state index contributed by atoms with van der Waals surface area (Å²) in [6, 6.07) is 17.4. The summed E-state index contributed by atoms with van der Waals surface area (Å²) in [7, 11) is 0. The van der Waals surface area contributed by atoms with Crippen LogP contribution in [0.1, 0.15) is 5.56 Å². The molecule has 0 bridgehead atoms. The Labute approximate surface area is 145 Å². The van der Waals surface area contributed by atoms with Crippen molar-refractivity contribution in [3.05, 3.63) is 72.7 Å². The zero-order valence-electron chi connectivity index (χ0n) is 13.8. The lowest BCUT2D eigenvalue weighted by molar-refractivity contribution is 0.581. The Morgan fingerprint density at radius 2 is 1.32 bits per heavy atom. The first-order valence-electron chi connectivity index (χ1n) is 8.01. The van der Waals surface area contributed by atoms with Crippen LogP contribution in [0, 0.1) is 6.92 Å². The second-order valence-corrected chi connectivity index (χ2v) is 6.01. The topological polar surface area (TPSA) is 78.3 Å². The van der Waals surface area contributed by atoms with Gasteiger partial charge in [-0.2, -0.15) is 0 Å². The van der Waals surface area contributed by atoms with Crippen LogP contribution in [0.15, 0.2) is 76.0 Å². The van der Waals surface area contributed by atoms with Gasteiger partial charge in [0.15, 0.2) is 0 Å². The number of hydrogen-bond donors (Lipinski definition) is 2. The zero-order chi connectivity index (χ0) is 17.4. The SMILES string of the molecule is Cc1cc(-c2ccc(N)cc2-c2ccco2)c(-c2ccco2)cc1N. The molecule has 4 N–H and O–H groups in total. The highest BCUT2D eigenvalue weighted by Gasteiger charge is 2.17. The maximum Gasteiger partial charge on any atom is 0.134 e. The molecular formula is C21H18N2O2. The van der Waals surface area contributed by atoms with Gasteiger partial charge in [0.25, 0.3) is 0 Å². The van der Waals surface area contributed by atoms with Crippen molar-refractivity contribution in [2.45, 2.75) is 6.92 Å². The lowest BCUT2D eigenvalue weighted by Crippen LogP contribution is -1.95. The molecular weight excluding hydrogens is 312 g/mol. The minimum Gasteiger partial charge on any atom is -0.464 e. The number of nitrogen functional groups attached to an aromatic ring is 2. The van der Waals surface area contributed by atoms with Gasteiger partial charge in [-0.25, -0.2) is 0 Å². The Kier molecular flexibility index (Phi) is 3.58.